The van der Waals surface area contributed by atoms with Gasteiger partial charge in [-0.05, 0) is 23.1 Å². The van der Waals surface area contributed by atoms with Gasteiger partial charge in [-0.3, -0.25) is 14.4 Å². The predicted octanol–water partition coefficient (Wildman–Crippen LogP) is 2.91. The van der Waals surface area contributed by atoms with Gasteiger partial charge < -0.3 is 5.73 Å². The van der Waals surface area contributed by atoms with Crippen LogP contribution in [0.25, 0.3) is 10.8 Å². The van der Waals surface area contributed by atoms with Gasteiger partial charge in [0.1, 0.15) is 0 Å². The highest BCUT2D eigenvalue weighted by Crippen LogP contribution is 2.33. The number of carbonyl (C=O) groups is 3. The Hall–Kier alpha value is -3.11. The van der Waals surface area contributed by atoms with E-state index in [1.165, 1.54) is 0 Å². The lowest BCUT2D eigenvalue weighted by molar-refractivity contribution is 0.0825. The average molecular weight is 315 g/mol. The maximum atomic E-state index is 12.9. The van der Waals surface area contributed by atoms with Crippen LogP contribution in [0.3, 0.4) is 0 Å². The second-order valence-electron chi connectivity index (χ2n) is 5.78. The van der Waals surface area contributed by atoms with E-state index in [2.05, 4.69) is 0 Å². The minimum absolute atomic E-state index is 0.144. The smallest absolute Gasteiger partial charge is 0.234 e. The van der Waals surface area contributed by atoms with E-state index in [0.29, 0.717) is 39.6 Å². The molecule has 0 aliphatic heterocycles. The summed E-state index contributed by atoms with van der Waals surface area (Å²) in [5.74, 6) is -1.16. The summed E-state index contributed by atoms with van der Waals surface area (Å²) in [7, 11) is 0. The van der Waals surface area contributed by atoms with Gasteiger partial charge >= 0.3 is 0 Å². The average Bonchev–Trinajstić information content (AvgIpc) is 2.88. The summed E-state index contributed by atoms with van der Waals surface area (Å²) in [6.07, 6.45) is 0. The molecule has 0 aromatic heterocycles. The topological polar surface area (TPSA) is 77.2 Å². The number of Topliss-reactive ketones (excluding diaryl/α,β-unsaturated/α-hetero) is 2. The first-order chi connectivity index (χ1) is 11.6. The van der Waals surface area contributed by atoms with Gasteiger partial charge in [0.05, 0.1) is 0 Å². The summed E-state index contributed by atoms with van der Waals surface area (Å²) in [4.78, 5) is 37.0. The number of ketones is 3. The maximum Gasteiger partial charge on any atom is 0.234 e. The van der Waals surface area contributed by atoms with Gasteiger partial charge in [0.15, 0.2) is 5.78 Å². The summed E-state index contributed by atoms with van der Waals surface area (Å²) in [5.41, 5.74) is 8.31. The molecular weight excluding hydrogens is 302 g/mol. The van der Waals surface area contributed by atoms with Crippen molar-refractivity contribution in [3.8, 4) is 0 Å². The summed E-state index contributed by atoms with van der Waals surface area (Å²) < 4.78 is 0. The third-order valence-corrected chi connectivity index (χ3v) is 4.43. The molecule has 3 aromatic carbocycles. The molecule has 0 saturated heterocycles. The maximum absolute atomic E-state index is 12.9. The fourth-order valence-corrected chi connectivity index (χ4v) is 3.18. The first kappa shape index (κ1) is 14.5. The van der Waals surface area contributed by atoms with Crippen molar-refractivity contribution in [2.24, 2.45) is 5.73 Å². The van der Waals surface area contributed by atoms with Gasteiger partial charge in [-0.1, -0.05) is 42.5 Å². The lowest BCUT2D eigenvalue weighted by atomic mass is 9.94. The molecule has 0 fully saturated rings. The zero-order valence-corrected chi connectivity index (χ0v) is 12.7. The summed E-state index contributed by atoms with van der Waals surface area (Å²) in [6, 6.07) is 15.4. The van der Waals surface area contributed by atoms with Crippen LogP contribution < -0.4 is 5.73 Å². The Morgan fingerprint density at radius 3 is 2.17 bits per heavy atom. The Kier molecular flexibility index (Phi) is 3.15. The van der Waals surface area contributed by atoms with Crippen LogP contribution in [0.2, 0.25) is 0 Å². The summed E-state index contributed by atoms with van der Waals surface area (Å²) >= 11 is 0. The number of benzene rings is 3. The molecule has 0 saturated carbocycles. The molecule has 0 spiro atoms. The van der Waals surface area contributed by atoms with Crippen molar-refractivity contribution in [2.75, 3.05) is 0 Å². The van der Waals surface area contributed by atoms with Crippen molar-refractivity contribution < 1.29 is 14.4 Å². The number of hydrogen-bond acceptors (Lipinski definition) is 4. The minimum atomic E-state index is -0.507. The van der Waals surface area contributed by atoms with E-state index < -0.39 is 11.6 Å². The van der Waals surface area contributed by atoms with Gasteiger partial charge in [0.2, 0.25) is 11.6 Å². The Labute approximate surface area is 137 Å². The number of carbonyl (C=O) groups excluding carboxylic acids is 3. The summed E-state index contributed by atoms with van der Waals surface area (Å²) in [5, 5.41) is 1.22. The molecule has 1 aliphatic carbocycles. The quantitative estimate of drug-likeness (QED) is 0.595. The lowest BCUT2D eigenvalue weighted by Crippen LogP contribution is -2.06. The Morgan fingerprint density at radius 2 is 1.50 bits per heavy atom. The molecule has 0 atom stereocenters. The molecule has 1 aliphatic rings. The van der Waals surface area contributed by atoms with Crippen molar-refractivity contribution in [3.63, 3.8) is 0 Å². The largest absolute Gasteiger partial charge is 0.326 e. The third kappa shape index (κ3) is 1.94. The van der Waals surface area contributed by atoms with Gasteiger partial charge in [-0.2, -0.15) is 0 Å². The van der Waals surface area contributed by atoms with E-state index in [1.807, 2.05) is 12.1 Å². The van der Waals surface area contributed by atoms with Crippen LogP contribution in [0.4, 0.5) is 0 Å². The van der Waals surface area contributed by atoms with Crippen LogP contribution in [0, 0.1) is 0 Å². The molecule has 3 aromatic rings. The van der Waals surface area contributed by atoms with E-state index in [1.54, 1.807) is 42.5 Å². The van der Waals surface area contributed by atoms with Gasteiger partial charge in [-0.15, -0.1) is 0 Å². The molecule has 116 valence electrons. The van der Waals surface area contributed by atoms with Gasteiger partial charge in [0.25, 0.3) is 0 Å². The van der Waals surface area contributed by atoms with Crippen LogP contribution in [0.5, 0.6) is 0 Å². The molecule has 2 N–H and O–H groups in total. The molecule has 0 bridgehead atoms. The molecule has 4 rings (SSSR count). The number of nitrogens with two attached hydrogens (primary N) is 1. The minimum Gasteiger partial charge on any atom is -0.326 e. The summed E-state index contributed by atoms with van der Waals surface area (Å²) in [6.45, 7) is 0.416. The van der Waals surface area contributed by atoms with E-state index in [0.717, 1.165) is 5.56 Å². The van der Waals surface area contributed by atoms with Crippen molar-refractivity contribution in [1.29, 1.82) is 0 Å². The molecule has 0 radical (unpaired) electrons. The highest BCUT2D eigenvalue weighted by molar-refractivity contribution is 6.57. The predicted molar refractivity (Wildman–Crippen MR) is 90.4 cm³/mol. The zero-order chi connectivity index (χ0) is 16.8. The van der Waals surface area contributed by atoms with Crippen molar-refractivity contribution in [1.82, 2.24) is 0 Å². The number of rotatable bonds is 3. The van der Waals surface area contributed by atoms with E-state index in [9.17, 15) is 14.4 Å². The number of hydrogen-bond donors (Lipinski definition) is 1. The Morgan fingerprint density at radius 1 is 0.833 bits per heavy atom. The fraction of sp³-hybridized carbons (Fsp3) is 0.0500. The highest BCUT2D eigenvalue weighted by atomic mass is 16.2. The van der Waals surface area contributed by atoms with E-state index >= 15 is 0 Å². The van der Waals surface area contributed by atoms with Crippen LogP contribution in [0.15, 0.2) is 54.6 Å². The fourth-order valence-electron chi connectivity index (χ4n) is 3.18. The van der Waals surface area contributed by atoms with Crippen LogP contribution >= 0.6 is 0 Å². The van der Waals surface area contributed by atoms with Crippen molar-refractivity contribution >= 4 is 28.1 Å². The Balaban J connectivity index is 1.91. The second-order valence-corrected chi connectivity index (χ2v) is 5.78. The molecule has 4 heteroatoms. The van der Waals surface area contributed by atoms with E-state index in [4.69, 9.17) is 5.73 Å². The van der Waals surface area contributed by atoms with Crippen LogP contribution in [0.1, 0.15) is 42.2 Å². The molecule has 0 heterocycles. The first-order valence-electron chi connectivity index (χ1n) is 7.60. The third-order valence-electron chi connectivity index (χ3n) is 4.43. The molecule has 0 amide bonds. The van der Waals surface area contributed by atoms with Crippen molar-refractivity contribution in [3.05, 3.63) is 82.4 Å². The van der Waals surface area contributed by atoms with E-state index in [-0.39, 0.29) is 5.78 Å². The monoisotopic (exact) mass is 315 g/mol. The lowest BCUT2D eigenvalue weighted by Gasteiger charge is -2.08. The zero-order valence-electron chi connectivity index (χ0n) is 12.7. The van der Waals surface area contributed by atoms with Crippen LogP contribution in [-0.4, -0.2) is 17.3 Å². The molecule has 24 heavy (non-hydrogen) atoms. The molecule has 4 nitrogen and oxygen atoms in total. The van der Waals surface area contributed by atoms with Crippen LogP contribution in [-0.2, 0) is 6.54 Å². The van der Waals surface area contributed by atoms with Gasteiger partial charge in [0, 0.05) is 34.2 Å². The highest BCUT2D eigenvalue weighted by Gasteiger charge is 2.31. The SMILES string of the molecule is NCc1ccc(C(=O)c2ccc3c4c(cccc24)C(=O)C3=O)cc1. The Bertz CT molecular complexity index is 1010. The van der Waals surface area contributed by atoms with Crippen molar-refractivity contribution in [2.45, 2.75) is 6.54 Å². The molecule has 0 unspecified atom stereocenters. The second kappa shape index (κ2) is 5.22. The van der Waals surface area contributed by atoms with Gasteiger partial charge in [-0.25, -0.2) is 0 Å². The normalized spacial score (nSPS) is 12.9. The molecular formula is C20H13NO3. The first-order valence-corrected chi connectivity index (χ1v) is 7.60. The standard InChI is InChI=1S/C20H13NO3/c21-10-11-4-6-12(7-5-11)18(22)14-8-9-16-17-13(14)2-1-3-15(17)19(23)20(16)24/h1-9H,10,21H2.